The van der Waals surface area contributed by atoms with Crippen LogP contribution in [0, 0.1) is 13.8 Å². The van der Waals surface area contributed by atoms with Gasteiger partial charge in [-0.25, -0.2) is 0 Å². The molecule has 0 radical (unpaired) electrons. The standard InChI is InChI=1S/C13H26N4/c1-6-14-8-7-13-11(2)15-17(12(13)3)10-9-16(4)5/h14H,6-10H2,1-5H3. The second kappa shape index (κ2) is 6.77. The van der Waals surface area contributed by atoms with E-state index < -0.39 is 0 Å². The first-order chi connectivity index (χ1) is 8.06. The van der Waals surface area contributed by atoms with E-state index in [1.165, 1.54) is 17.0 Å². The molecule has 0 aromatic carbocycles. The number of nitrogens with zero attached hydrogens (tertiary/aromatic N) is 3. The van der Waals surface area contributed by atoms with E-state index in [4.69, 9.17) is 0 Å². The molecule has 1 aromatic heterocycles. The van der Waals surface area contributed by atoms with E-state index in [9.17, 15) is 0 Å². The zero-order valence-corrected chi connectivity index (χ0v) is 11.9. The molecule has 0 amide bonds. The van der Waals surface area contributed by atoms with E-state index >= 15 is 0 Å². The topological polar surface area (TPSA) is 33.1 Å². The quantitative estimate of drug-likeness (QED) is 0.725. The van der Waals surface area contributed by atoms with E-state index in [2.05, 4.69) is 54.9 Å². The summed E-state index contributed by atoms with van der Waals surface area (Å²) in [5, 5.41) is 7.99. The Labute approximate surface area is 105 Å². The molecular weight excluding hydrogens is 212 g/mol. The molecule has 0 saturated carbocycles. The van der Waals surface area contributed by atoms with Gasteiger partial charge in [-0.3, -0.25) is 4.68 Å². The normalized spacial score (nSPS) is 11.4. The van der Waals surface area contributed by atoms with Crippen LogP contribution in [0.3, 0.4) is 0 Å². The lowest BCUT2D eigenvalue weighted by molar-refractivity contribution is 0.370. The molecule has 1 aromatic rings. The van der Waals surface area contributed by atoms with E-state index in [1.54, 1.807) is 0 Å². The summed E-state index contributed by atoms with van der Waals surface area (Å²) >= 11 is 0. The van der Waals surface area contributed by atoms with Crippen LogP contribution in [0.5, 0.6) is 0 Å². The van der Waals surface area contributed by atoms with Gasteiger partial charge in [-0.1, -0.05) is 6.92 Å². The van der Waals surface area contributed by atoms with Crippen LogP contribution in [-0.4, -0.2) is 48.4 Å². The molecule has 0 aliphatic rings. The Kier molecular flexibility index (Phi) is 5.65. The number of hydrogen-bond acceptors (Lipinski definition) is 3. The first-order valence-corrected chi connectivity index (χ1v) is 6.44. The van der Waals surface area contributed by atoms with Crippen LogP contribution < -0.4 is 5.32 Å². The summed E-state index contributed by atoms with van der Waals surface area (Å²) in [4.78, 5) is 2.19. The number of aromatic nitrogens is 2. The van der Waals surface area contributed by atoms with Gasteiger partial charge in [0.2, 0.25) is 0 Å². The molecule has 0 spiro atoms. The van der Waals surface area contributed by atoms with Crippen molar-refractivity contribution in [2.75, 3.05) is 33.7 Å². The maximum absolute atomic E-state index is 4.62. The van der Waals surface area contributed by atoms with Crippen LogP contribution in [0.2, 0.25) is 0 Å². The van der Waals surface area contributed by atoms with Crippen LogP contribution in [0.4, 0.5) is 0 Å². The van der Waals surface area contributed by atoms with Gasteiger partial charge in [0.15, 0.2) is 0 Å². The predicted molar refractivity (Wildman–Crippen MR) is 72.5 cm³/mol. The molecular formula is C13H26N4. The van der Waals surface area contributed by atoms with Gasteiger partial charge in [0, 0.05) is 12.2 Å². The van der Waals surface area contributed by atoms with E-state index in [0.717, 1.165) is 32.6 Å². The van der Waals surface area contributed by atoms with Crippen molar-refractivity contribution in [2.24, 2.45) is 0 Å². The van der Waals surface area contributed by atoms with E-state index in [-0.39, 0.29) is 0 Å². The van der Waals surface area contributed by atoms with Crippen molar-refractivity contribution in [3.05, 3.63) is 17.0 Å². The maximum Gasteiger partial charge on any atom is 0.0628 e. The molecule has 0 saturated heterocycles. The second-order valence-corrected chi connectivity index (χ2v) is 4.78. The SMILES string of the molecule is CCNCCc1c(C)nn(CCN(C)C)c1C. The minimum Gasteiger partial charge on any atom is -0.317 e. The third-order valence-electron chi connectivity index (χ3n) is 3.09. The first-order valence-electron chi connectivity index (χ1n) is 6.44. The van der Waals surface area contributed by atoms with Gasteiger partial charge in [-0.2, -0.15) is 5.10 Å². The molecule has 1 N–H and O–H groups in total. The fourth-order valence-electron chi connectivity index (χ4n) is 2.00. The van der Waals surface area contributed by atoms with Crippen LogP contribution in [-0.2, 0) is 13.0 Å². The largest absolute Gasteiger partial charge is 0.317 e. The number of rotatable bonds is 7. The summed E-state index contributed by atoms with van der Waals surface area (Å²) in [6.07, 6.45) is 1.08. The maximum atomic E-state index is 4.62. The van der Waals surface area contributed by atoms with E-state index in [0.29, 0.717) is 0 Å². The Morgan fingerprint density at radius 2 is 2.00 bits per heavy atom. The van der Waals surface area contributed by atoms with Gasteiger partial charge in [-0.05, 0) is 53.0 Å². The number of likely N-dealkylation sites (N-methyl/N-ethyl adjacent to an activating group) is 2. The third-order valence-corrected chi connectivity index (χ3v) is 3.09. The van der Waals surface area contributed by atoms with Gasteiger partial charge in [0.05, 0.1) is 12.2 Å². The highest BCUT2D eigenvalue weighted by atomic mass is 15.3. The Morgan fingerprint density at radius 3 is 2.59 bits per heavy atom. The molecule has 17 heavy (non-hydrogen) atoms. The molecule has 1 rings (SSSR count). The van der Waals surface area contributed by atoms with Gasteiger partial charge in [-0.15, -0.1) is 0 Å². The molecule has 0 unspecified atom stereocenters. The summed E-state index contributed by atoms with van der Waals surface area (Å²) < 4.78 is 2.14. The summed E-state index contributed by atoms with van der Waals surface area (Å²) in [7, 11) is 4.19. The van der Waals surface area contributed by atoms with Gasteiger partial charge in [0.1, 0.15) is 0 Å². The van der Waals surface area contributed by atoms with Crippen LogP contribution in [0.1, 0.15) is 23.9 Å². The number of hydrogen-bond donors (Lipinski definition) is 1. The first kappa shape index (κ1) is 14.2. The molecule has 98 valence electrons. The fourth-order valence-corrected chi connectivity index (χ4v) is 2.00. The van der Waals surface area contributed by atoms with Gasteiger partial charge < -0.3 is 10.2 Å². The summed E-state index contributed by atoms with van der Waals surface area (Å²) in [6, 6.07) is 0. The number of nitrogens with one attached hydrogen (secondary N) is 1. The van der Waals surface area contributed by atoms with Crippen molar-refractivity contribution in [3.63, 3.8) is 0 Å². The smallest absolute Gasteiger partial charge is 0.0628 e. The highest BCUT2D eigenvalue weighted by Gasteiger charge is 2.10. The summed E-state index contributed by atoms with van der Waals surface area (Å²) in [6.45, 7) is 10.5. The average Bonchev–Trinajstić information content (AvgIpc) is 2.53. The van der Waals surface area contributed by atoms with Crippen LogP contribution >= 0.6 is 0 Å². The fraction of sp³-hybridized carbons (Fsp3) is 0.769. The number of aryl methyl sites for hydroxylation is 1. The van der Waals surface area contributed by atoms with Crippen molar-refractivity contribution in [2.45, 2.75) is 33.7 Å². The Balaban J connectivity index is 2.65. The molecule has 4 heteroatoms. The Bertz CT molecular complexity index is 341. The molecule has 0 bridgehead atoms. The van der Waals surface area contributed by atoms with Crippen molar-refractivity contribution >= 4 is 0 Å². The summed E-state index contributed by atoms with van der Waals surface area (Å²) in [5.74, 6) is 0. The minimum absolute atomic E-state index is 0.973. The third kappa shape index (κ3) is 4.13. The zero-order valence-electron chi connectivity index (χ0n) is 11.9. The summed E-state index contributed by atoms with van der Waals surface area (Å²) in [5.41, 5.74) is 3.91. The lowest BCUT2D eigenvalue weighted by Crippen LogP contribution is -2.20. The van der Waals surface area contributed by atoms with Crippen molar-refractivity contribution in [1.82, 2.24) is 20.0 Å². The molecule has 0 aliphatic heterocycles. The van der Waals surface area contributed by atoms with E-state index in [1.807, 2.05) is 0 Å². The highest BCUT2D eigenvalue weighted by molar-refractivity contribution is 5.24. The molecule has 0 atom stereocenters. The monoisotopic (exact) mass is 238 g/mol. The molecule has 0 aliphatic carbocycles. The van der Waals surface area contributed by atoms with Gasteiger partial charge in [0.25, 0.3) is 0 Å². The Morgan fingerprint density at radius 1 is 1.29 bits per heavy atom. The molecule has 0 fully saturated rings. The highest BCUT2D eigenvalue weighted by Crippen LogP contribution is 2.13. The molecule has 4 nitrogen and oxygen atoms in total. The lowest BCUT2D eigenvalue weighted by Gasteiger charge is -2.10. The van der Waals surface area contributed by atoms with Crippen molar-refractivity contribution in [3.8, 4) is 0 Å². The van der Waals surface area contributed by atoms with Gasteiger partial charge >= 0.3 is 0 Å². The predicted octanol–water partition coefficient (Wildman–Crippen LogP) is 1.21. The molecule has 1 heterocycles. The minimum atomic E-state index is 0.973. The second-order valence-electron chi connectivity index (χ2n) is 4.78. The van der Waals surface area contributed by atoms with Crippen LogP contribution in [0.15, 0.2) is 0 Å². The lowest BCUT2D eigenvalue weighted by atomic mass is 10.1. The zero-order chi connectivity index (χ0) is 12.8. The Hall–Kier alpha value is -0.870. The van der Waals surface area contributed by atoms with Crippen molar-refractivity contribution < 1.29 is 0 Å². The van der Waals surface area contributed by atoms with Crippen LogP contribution in [0.25, 0.3) is 0 Å². The average molecular weight is 238 g/mol. The van der Waals surface area contributed by atoms with Crippen molar-refractivity contribution in [1.29, 1.82) is 0 Å².